The molecule has 0 bridgehead atoms. The third-order valence-corrected chi connectivity index (χ3v) is 10.9. The van der Waals surface area contributed by atoms with Crippen LogP contribution in [0.4, 0.5) is 0 Å². The van der Waals surface area contributed by atoms with Gasteiger partial charge in [0, 0.05) is 30.6 Å². The van der Waals surface area contributed by atoms with Crippen LogP contribution in [0.25, 0.3) is 0 Å². The van der Waals surface area contributed by atoms with E-state index < -0.39 is 23.3 Å². The molecule has 180 valence electrons. The number of aliphatic carboxylic acids is 1. The number of carbonyl (C=O) groups excluding carboxylic acids is 2. The van der Waals surface area contributed by atoms with Gasteiger partial charge < -0.3 is 24.5 Å². The molecule has 1 aliphatic heterocycles. The summed E-state index contributed by atoms with van der Waals surface area (Å²) in [5, 5.41) is 22.5. The van der Waals surface area contributed by atoms with Gasteiger partial charge in [-0.2, -0.15) is 0 Å². The Hall–Kier alpha value is -0.980. The molecule has 4 saturated carbocycles. The average molecular weight is 448 g/mol. The molecular formula is C26H39O6-. The second-order valence-electron chi connectivity index (χ2n) is 12.1. The van der Waals surface area contributed by atoms with Crippen molar-refractivity contribution in [3.63, 3.8) is 0 Å². The predicted molar refractivity (Wildman–Crippen MR) is 115 cm³/mol. The van der Waals surface area contributed by atoms with E-state index in [1.807, 2.05) is 0 Å². The molecule has 4 aliphatic carbocycles. The maximum Gasteiger partial charge on any atom is 0.168 e. The first kappa shape index (κ1) is 22.8. The Kier molecular flexibility index (Phi) is 5.54. The zero-order valence-corrected chi connectivity index (χ0v) is 19.8. The van der Waals surface area contributed by atoms with Crippen molar-refractivity contribution in [2.75, 3.05) is 13.2 Å². The van der Waals surface area contributed by atoms with Gasteiger partial charge in [-0.25, -0.2) is 0 Å². The fourth-order valence-corrected chi connectivity index (χ4v) is 9.13. The Labute approximate surface area is 191 Å². The highest BCUT2D eigenvalue weighted by Crippen LogP contribution is 2.68. The van der Waals surface area contributed by atoms with Crippen LogP contribution in [0.5, 0.6) is 0 Å². The number of fused-ring (bicyclic) bond motifs is 5. The van der Waals surface area contributed by atoms with Crippen molar-refractivity contribution in [3.05, 3.63) is 0 Å². The second-order valence-corrected chi connectivity index (χ2v) is 12.1. The van der Waals surface area contributed by atoms with E-state index in [9.17, 15) is 19.8 Å². The van der Waals surface area contributed by atoms with Gasteiger partial charge in [-0.05, 0) is 79.4 Å². The van der Waals surface area contributed by atoms with E-state index in [0.717, 1.165) is 38.5 Å². The van der Waals surface area contributed by atoms with Gasteiger partial charge in [0.1, 0.15) is 5.78 Å². The molecule has 32 heavy (non-hydrogen) atoms. The summed E-state index contributed by atoms with van der Waals surface area (Å²) in [5.74, 6) is 0.0550. The Bertz CT molecular complexity index is 774. The van der Waals surface area contributed by atoms with Gasteiger partial charge in [0.05, 0.1) is 19.3 Å². The molecule has 0 amide bonds. The Morgan fingerprint density at radius 1 is 1.19 bits per heavy atom. The average Bonchev–Trinajstić information content (AvgIpc) is 3.34. The third kappa shape index (κ3) is 3.23. The fourth-order valence-electron chi connectivity index (χ4n) is 9.13. The lowest BCUT2D eigenvalue weighted by molar-refractivity contribution is -0.306. The van der Waals surface area contributed by atoms with E-state index in [1.165, 1.54) is 0 Å². The minimum atomic E-state index is -1.02. The highest BCUT2D eigenvalue weighted by molar-refractivity contribution is 5.87. The molecule has 0 aromatic carbocycles. The smallest absolute Gasteiger partial charge is 0.168 e. The number of ether oxygens (including phenoxy) is 2. The quantitative estimate of drug-likeness (QED) is 0.712. The van der Waals surface area contributed by atoms with Crippen LogP contribution >= 0.6 is 0 Å². The van der Waals surface area contributed by atoms with Crippen molar-refractivity contribution >= 4 is 11.8 Å². The fraction of sp³-hybridized carbons (Fsp3) is 0.923. The van der Waals surface area contributed by atoms with E-state index in [-0.39, 0.29) is 41.4 Å². The molecule has 5 rings (SSSR count). The molecule has 6 heteroatoms. The highest BCUT2D eigenvalue weighted by atomic mass is 16.7. The first-order valence-corrected chi connectivity index (χ1v) is 12.8. The Morgan fingerprint density at radius 3 is 2.59 bits per heavy atom. The lowest BCUT2D eigenvalue weighted by Crippen LogP contribution is -2.62. The van der Waals surface area contributed by atoms with Gasteiger partial charge in [0.15, 0.2) is 5.79 Å². The van der Waals surface area contributed by atoms with Gasteiger partial charge in [0.25, 0.3) is 0 Å². The van der Waals surface area contributed by atoms with E-state index in [0.29, 0.717) is 37.8 Å². The SMILES string of the molecule is C[C@@H](CCC(=O)[O-])[C@H]1CC[C@H]2[C@H]3[C@H](O)C[C@@H]4CC5(CC[C@]4(C)[C@@H]3CC(=O)[C@]12C)OCCO5. The number of carboxylic acids is 1. The van der Waals surface area contributed by atoms with Crippen molar-refractivity contribution in [2.24, 2.45) is 46.3 Å². The minimum absolute atomic E-state index is 0.0279. The lowest BCUT2D eigenvalue weighted by Gasteiger charge is -2.62. The zero-order valence-electron chi connectivity index (χ0n) is 19.8. The molecule has 1 N–H and O–H groups in total. The summed E-state index contributed by atoms with van der Waals surface area (Å²) in [6, 6.07) is 0. The van der Waals surface area contributed by atoms with E-state index in [4.69, 9.17) is 9.47 Å². The van der Waals surface area contributed by atoms with Crippen LogP contribution in [0.1, 0.15) is 78.6 Å². The number of carbonyl (C=O) groups is 2. The van der Waals surface area contributed by atoms with Gasteiger partial charge in [0.2, 0.25) is 0 Å². The molecule has 5 aliphatic rings. The zero-order chi connectivity index (χ0) is 22.9. The minimum Gasteiger partial charge on any atom is -0.550 e. The maximum atomic E-state index is 13.8. The van der Waals surface area contributed by atoms with Crippen LogP contribution in [-0.2, 0) is 19.1 Å². The normalized spacial score (nSPS) is 48.2. The number of hydrogen-bond donors (Lipinski definition) is 1. The molecule has 0 aromatic heterocycles. The first-order valence-electron chi connectivity index (χ1n) is 12.8. The van der Waals surface area contributed by atoms with Gasteiger partial charge in [-0.3, -0.25) is 4.79 Å². The van der Waals surface area contributed by atoms with Crippen molar-refractivity contribution in [2.45, 2.75) is 90.4 Å². The number of aliphatic hydroxyl groups is 1. The maximum absolute atomic E-state index is 13.8. The summed E-state index contributed by atoms with van der Waals surface area (Å²) in [6.45, 7) is 7.87. The molecule has 0 unspecified atom stereocenters. The van der Waals surface area contributed by atoms with Gasteiger partial charge in [-0.1, -0.05) is 20.8 Å². The van der Waals surface area contributed by atoms with Crippen molar-refractivity contribution < 1.29 is 29.3 Å². The number of ketones is 1. The number of Topliss-reactive ketones (excluding diaryl/α,β-unsaturated/α-hetero) is 1. The molecule has 1 heterocycles. The number of rotatable bonds is 4. The van der Waals surface area contributed by atoms with E-state index in [1.54, 1.807) is 0 Å². The van der Waals surface area contributed by atoms with Crippen LogP contribution < -0.4 is 5.11 Å². The van der Waals surface area contributed by atoms with Crippen molar-refractivity contribution in [1.82, 2.24) is 0 Å². The Morgan fingerprint density at radius 2 is 1.91 bits per heavy atom. The summed E-state index contributed by atoms with van der Waals surface area (Å²) in [7, 11) is 0. The monoisotopic (exact) mass is 447 g/mol. The molecule has 0 aromatic rings. The van der Waals surface area contributed by atoms with Crippen LogP contribution in [0.2, 0.25) is 0 Å². The molecule has 0 radical (unpaired) electrons. The van der Waals surface area contributed by atoms with Crippen LogP contribution in [0.3, 0.4) is 0 Å². The second kappa shape index (κ2) is 7.78. The van der Waals surface area contributed by atoms with Crippen molar-refractivity contribution in [3.8, 4) is 0 Å². The van der Waals surface area contributed by atoms with Gasteiger partial charge >= 0.3 is 0 Å². The largest absolute Gasteiger partial charge is 0.550 e. The van der Waals surface area contributed by atoms with Crippen LogP contribution in [0, 0.1) is 46.3 Å². The predicted octanol–water partition coefficient (Wildman–Crippen LogP) is 2.70. The molecular weight excluding hydrogens is 408 g/mol. The standard InChI is InChI=1S/C26H40O6/c1-15(4-7-22(29)30)17-5-6-18-23-19(13-21(28)25(17,18)3)24(2)8-9-26(31-10-11-32-26)14-16(24)12-20(23)27/h15-20,23,27H,4-14H2,1-3H3,(H,29,30)/p-1/t15-,16+,17+,18-,19+,20+,23+,24-,25+/m0/s1. The molecule has 5 fully saturated rings. The van der Waals surface area contributed by atoms with E-state index in [2.05, 4.69) is 20.8 Å². The summed E-state index contributed by atoms with van der Waals surface area (Å²) in [5.41, 5.74) is -0.426. The number of hydrogen-bond acceptors (Lipinski definition) is 6. The number of aliphatic hydroxyl groups excluding tert-OH is 1. The first-order chi connectivity index (χ1) is 15.1. The molecule has 6 nitrogen and oxygen atoms in total. The van der Waals surface area contributed by atoms with Gasteiger partial charge in [-0.15, -0.1) is 0 Å². The highest BCUT2D eigenvalue weighted by Gasteiger charge is 2.67. The topological polar surface area (TPSA) is 95.9 Å². The van der Waals surface area contributed by atoms with Crippen molar-refractivity contribution in [1.29, 1.82) is 0 Å². The van der Waals surface area contributed by atoms with Crippen LogP contribution in [-0.4, -0.2) is 42.0 Å². The summed E-state index contributed by atoms with van der Waals surface area (Å²) in [4.78, 5) is 24.8. The number of carboxylic acid groups (broad SMARTS) is 1. The molecule has 1 spiro atoms. The summed E-state index contributed by atoms with van der Waals surface area (Å²) >= 11 is 0. The summed E-state index contributed by atoms with van der Waals surface area (Å²) < 4.78 is 12.0. The molecule has 1 saturated heterocycles. The lowest BCUT2D eigenvalue weighted by atomic mass is 9.43. The Balaban J connectivity index is 1.40. The summed E-state index contributed by atoms with van der Waals surface area (Å²) in [6.07, 6.45) is 6.09. The molecule has 9 atom stereocenters. The van der Waals surface area contributed by atoms with E-state index >= 15 is 0 Å². The third-order valence-electron chi connectivity index (χ3n) is 10.9. The van der Waals surface area contributed by atoms with Crippen LogP contribution in [0.15, 0.2) is 0 Å².